The first-order chi connectivity index (χ1) is 12.6. The molecule has 2 saturated heterocycles. The van der Waals surface area contributed by atoms with Crippen molar-refractivity contribution in [2.75, 3.05) is 19.7 Å². The first-order valence-corrected chi connectivity index (χ1v) is 9.29. The van der Waals surface area contributed by atoms with E-state index >= 15 is 0 Å². The number of hydrogen-bond donors (Lipinski definition) is 0. The van der Waals surface area contributed by atoms with Crippen LogP contribution in [0, 0.1) is 0 Å². The lowest BCUT2D eigenvalue weighted by Gasteiger charge is -2.39. The Bertz CT molecular complexity index is 750. The Kier molecular flexibility index (Phi) is 4.87. The summed E-state index contributed by atoms with van der Waals surface area (Å²) in [7, 11) is 0. The summed E-state index contributed by atoms with van der Waals surface area (Å²) < 4.78 is 14.0. The molecule has 6 nitrogen and oxygen atoms in total. The minimum atomic E-state index is -0.292. The molecule has 1 spiro atoms. The van der Waals surface area contributed by atoms with Gasteiger partial charge in [-0.25, -0.2) is 4.98 Å². The predicted molar refractivity (Wildman–Crippen MR) is 97.2 cm³/mol. The van der Waals surface area contributed by atoms with Crippen molar-refractivity contribution in [3.8, 4) is 5.75 Å². The third kappa shape index (κ3) is 3.86. The minimum absolute atomic E-state index is 0.000115. The molecule has 0 radical (unpaired) electrons. The lowest BCUT2D eigenvalue weighted by molar-refractivity contribution is -0.139. The van der Waals surface area contributed by atoms with Crippen molar-refractivity contribution in [3.63, 3.8) is 0 Å². The Hall–Kier alpha value is -2.05. The Morgan fingerprint density at radius 1 is 1.38 bits per heavy atom. The smallest absolute Gasteiger partial charge is 0.242 e. The number of imidazole rings is 1. The van der Waals surface area contributed by atoms with Crippen LogP contribution in [0.2, 0.25) is 5.02 Å². The quantitative estimate of drug-likeness (QED) is 0.824. The Labute approximate surface area is 157 Å². The second-order valence-electron chi connectivity index (χ2n) is 7.05. The molecule has 0 unspecified atom stereocenters. The predicted octanol–water partition coefficient (Wildman–Crippen LogP) is 2.77. The molecule has 1 aromatic heterocycles. The van der Waals surface area contributed by atoms with Crippen LogP contribution in [0.5, 0.6) is 5.75 Å². The van der Waals surface area contributed by atoms with E-state index in [-0.39, 0.29) is 17.6 Å². The summed E-state index contributed by atoms with van der Waals surface area (Å²) in [6, 6.07) is 7.38. The van der Waals surface area contributed by atoms with Gasteiger partial charge in [-0.2, -0.15) is 0 Å². The average Bonchev–Trinajstić information content (AvgIpc) is 3.28. The number of amides is 1. The highest BCUT2D eigenvalue weighted by Crippen LogP contribution is 2.36. The van der Waals surface area contributed by atoms with Crippen molar-refractivity contribution >= 4 is 17.5 Å². The van der Waals surface area contributed by atoms with Crippen LogP contribution >= 0.6 is 11.6 Å². The van der Waals surface area contributed by atoms with Gasteiger partial charge in [0.15, 0.2) is 0 Å². The number of likely N-dealkylation sites (tertiary alicyclic amines) is 1. The molecule has 0 saturated carbocycles. The molecule has 2 fully saturated rings. The van der Waals surface area contributed by atoms with Gasteiger partial charge in [0.25, 0.3) is 0 Å². The fourth-order valence-electron chi connectivity index (χ4n) is 3.82. The fraction of sp³-hybridized carbons (Fsp3) is 0.474. The molecule has 2 atom stereocenters. The molecule has 3 heterocycles. The van der Waals surface area contributed by atoms with Crippen LogP contribution in [0.4, 0.5) is 0 Å². The molecule has 138 valence electrons. The molecule has 0 N–H and O–H groups in total. The summed E-state index contributed by atoms with van der Waals surface area (Å²) in [5, 5.41) is 0.691. The van der Waals surface area contributed by atoms with Crippen LogP contribution in [-0.2, 0) is 16.1 Å². The standard InChI is InChI=1S/C19H22ClN3O3/c20-15-2-4-16(5-3-15)26-17-10-19(25-12-17)6-1-8-23(13-19)18(24)11-22-9-7-21-14-22/h2-5,7,9,14,17H,1,6,8,10-13H2/t17-,19-/m1/s1. The van der Waals surface area contributed by atoms with Crippen molar-refractivity contribution < 1.29 is 14.3 Å². The zero-order chi connectivity index (χ0) is 18.0. The zero-order valence-electron chi connectivity index (χ0n) is 14.5. The maximum atomic E-state index is 12.6. The minimum Gasteiger partial charge on any atom is -0.488 e. The van der Waals surface area contributed by atoms with Crippen LogP contribution in [-0.4, -0.2) is 51.8 Å². The number of hydrogen-bond acceptors (Lipinski definition) is 4. The molecule has 0 aliphatic carbocycles. The Balaban J connectivity index is 1.36. The van der Waals surface area contributed by atoms with Crippen LogP contribution in [0.3, 0.4) is 0 Å². The highest BCUT2D eigenvalue weighted by Gasteiger charge is 2.45. The molecule has 1 aromatic carbocycles. The van der Waals surface area contributed by atoms with E-state index in [0.29, 0.717) is 24.7 Å². The van der Waals surface area contributed by atoms with Gasteiger partial charge in [0.2, 0.25) is 5.91 Å². The number of benzene rings is 1. The number of carbonyl (C=O) groups is 1. The lowest BCUT2D eigenvalue weighted by atomic mass is 9.89. The maximum Gasteiger partial charge on any atom is 0.242 e. The van der Waals surface area contributed by atoms with Gasteiger partial charge in [0.05, 0.1) is 18.5 Å². The summed E-state index contributed by atoms with van der Waals surface area (Å²) >= 11 is 5.92. The van der Waals surface area contributed by atoms with E-state index < -0.39 is 0 Å². The second kappa shape index (κ2) is 7.29. The maximum absolute atomic E-state index is 12.6. The molecule has 2 aliphatic heterocycles. The third-order valence-electron chi connectivity index (χ3n) is 5.06. The molecule has 1 amide bonds. The molecule has 7 heteroatoms. The van der Waals surface area contributed by atoms with Crippen molar-refractivity contribution in [1.29, 1.82) is 0 Å². The highest BCUT2D eigenvalue weighted by atomic mass is 35.5. The molecular weight excluding hydrogens is 354 g/mol. The van der Waals surface area contributed by atoms with Crippen molar-refractivity contribution in [3.05, 3.63) is 48.0 Å². The van der Waals surface area contributed by atoms with Gasteiger partial charge in [-0.1, -0.05) is 11.6 Å². The number of halogens is 1. The van der Waals surface area contributed by atoms with Gasteiger partial charge in [-0.05, 0) is 37.1 Å². The topological polar surface area (TPSA) is 56.6 Å². The van der Waals surface area contributed by atoms with E-state index in [0.717, 1.165) is 31.6 Å². The SMILES string of the molecule is O=C(Cn1ccnc1)N1CCC[C@@]2(C[C@@H](Oc3ccc(Cl)cc3)CO2)C1. The fourth-order valence-corrected chi connectivity index (χ4v) is 3.94. The summed E-state index contributed by atoms with van der Waals surface area (Å²) in [5.41, 5.74) is -0.292. The van der Waals surface area contributed by atoms with Crippen LogP contribution in [0.25, 0.3) is 0 Å². The number of aromatic nitrogens is 2. The normalized spacial score (nSPS) is 25.6. The molecule has 2 aromatic rings. The highest BCUT2D eigenvalue weighted by molar-refractivity contribution is 6.30. The van der Waals surface area contributed by atoms with Crippen molar-refractivity contribution in [1.82, 2.24) is 14.5 Å². The van der Waals surface area contributed by atoms with E-state index in [1.54, 1.807) is 23.3 Å². The van der Waals surface area contributed by atoms with Crippen LogP contribution in [0.1, 0.15) is 19.3 Å². The first kappa shape index (κ1) is 17.4. The average molecular weight is 376 g/mol. The van der Waals surface area contributed by atoms with Gasteiger partial charge in [-0.3, -0.25) is 4.79 Å². The number of piperidine rings is 1. The summed E-state index contributed by atoms with van der Waals surface area (Å²) in [4.78, 5) is 18.5. The van der Waals surface area contributed by atoms with Gasteiger partial charge in [-0.15, -0.1) is 0 Å². The second-order valence-corrected chi connectivity index (χ2v) is 7.48. The van der Waals surface area contributed by atoms with Gasteiger partial charge in [0.1, 0.15) is 18.4 Å². The van der Waals surface area contributed by atoms with Gasteiger partial charge in [0, 0.05) is 36.9 Å². The van der Waals surface area contributed by atoms with E-state index in [1.807, 2.05) is 29.2 Å². The monoisotopic (exact) mass is 375 g/mol. The Morgan fingerprint density at radius 3 is 3.00 bits per heavy atom. The largest absolute Gasteiger partial charge is 0.488 e. The molecular formula is C19H22ClN3O3. The van der Waals surface area contributed by atoms with Crippen molar-refractivity contribution in [2.45, 2.75) is 37.5 Å². The van der Waals surface area contributed by atoms with Crippen molar-refractivity contribution in [2.24, 2.45) is 0 Å². The molecule has 26 heavy (non-hydrogen) atoms. The lowest BCUT2D eigenvalue weighted by Crippen LogP contribution is -2.51. The van der Waals surface area contributed by atoms with E-state index in [1.165, 1.54) is 0 Å². The summed E-state index contributed by atoms with van der Waals surface area (Å²) in [5.74, 6) is 0.900. The number of nitrogens with zero attached hydrogens (tertiary/aromatic N) is 3. The number of ether oxygens (including phenoxy) is 2. The van der Waals surface area contributed by atoms with Crippen LogP contribution < -0.4 is 4.74 Å². The zero-order valence-corrected chi connectivity index (χ0v) is 15.3. The van der Waals surface area contributed by atoms with Crippen LogP contribution in [0.15, 0.2) is 43.0 Å². The van der Waals surface area contributed by atoms with E-state index in [9.17, 15) is 4.79 Å². The first-order valence-electron chi connectivity index (χ1n) is 8.92. The van der Waals surface area contributed by atoms with Gasteiger partial charge < -0.3 is 18.9 Å². The number of rotatable bonds is 4. The van der Waals surface area contributed by atoms with Gasteiger partial charge >= 0.3 is 0 Å². The number of carbonyl (C=O) groups excluding carboxylic acids is 1. The molecule has 0 bridgehead atoms. The molecule has 4 rings (SSSR count). The Morgan fingerprint density at radius 2 is 2.23 bits per heavy atom. The van der Waals surface area contributed by atoms with E-state index in [2.05, 4.69) is 4.98 Å². The summed E-state index contributed by atoms with van der Waals surface area (Å²) in [6.45, 7) is 2.27. The van der Waals surface area contributed by atoms with E-state index in [4.69, 9.17) is 21.1 Å². The third-order valence-corrected chi connectivity index (χ3v) is 5.31. The summed E-state index contributed by atoms with van der Waals surface area (Å²) in [6.07, 6.45) is 7.86. The molecule has 2 aliphatic rings.